The molecular weight excluding hydrogens is 459 g/mol. The van der Waals surface area contributed by atoms with Crippen LogP contribution >= 0.6 is 0 Å². The van der Waals surface area contributed by atoms with Gasteiger partial charge >= 0.3 is 10.2 Å². The molecule has 2 rings (SSSR count). The van der Waals surface area contributed by atoms with Crippen LogP contribution in [0.25, 0.3) is 0 Å². The molecule has 0 aromatic heterocycles. The number of para-hydroxylation sites is 1. The molecule has 0 bridgehead atoms. The van der Waals surface area contributed by atoms with Crippen LogP contribution < -0.4 is 9.62 Å². The Balaban J connectivity index is 2.47. The second-order valence-electron chi connectivity index (χ2n) is 8.16. The van der Waals surface area contributed by atoms with Gasteiger partial charge in [-0.1, -0.05) is 43.3 Å². The lowest BCUT2D eigenvalue weighted by atomic mass is 10.1. The van der Waals surface area contributed by atoms with Crippen molar-refractivity contribution >= 4 is 27.7 Å². The Morgan fingerprint density at radius 3 is 2.26 bits per heavy atom. The van der Waals surface area contributed by atoms with Gasteiger partial charge in [0.2, 0.25) is 11.8 Å². The van der Waals surface area contributed by atoms with Crippen LogP contribution in [0.3, 0.4) is 0 Å². The van der Waals surface area contributed by atoms with E-state index in [1.54, 1.807) is 6.92 Å². The number of benzene rings is 2. The Morgan fingerprint density at radius 1 is 1.06 bits per heavy atom. The van der Waals surface area contributed by atoms with Crippen LogP contribution in [0.5, 0.6) is 0 Å². The van der Waals surface area contributed by atoms with Gasteiger partial charge in [-0.2, -0.15) is 12.7 Å². The molecule has 10 heteroatoms. The predicted octanol–water partition coefficient (Wildman–Crippen LogP) is 2.69. The van der Waals surface area contributed by atoms with Crippen LogP contribution in [-0.4, -0.2) is 62.7 Å². The van der Waals surface area contributed by atoms with Gasteiger partial charge in [-0.25, -0.2) is 8.70 Å². The first-order chi connectivity index (χ1) is 16.0. The lowest BCUT2D eigenvalue weighted by molar-refractivity contribution is -0.139. The Labute approximate surface area is 201 Å². The maximum atomic E-state index is 14.6. The van der Waals surface area contributed by atoms with E-state index in [1.807, 2.05) is 38.1 Å². The minimum Gasteiger partial charge on any atom is -0.354 e. The van der Waals surface area contributed by atoms with Crippen molar-refractivity contribution in [3.05, 3.63) is 65.5 Å². The van der Waals surface area contributed by atoms with Crippen LogP contribution in [0.15, 0.2) is 48.5 Å². The molecule has 0 aliphatic carbocycles. The Hall–Kier alpha value is -2.98. The van der Waals surface area contributed by atoms with Gasteiger partial charge in [-0.3, -0.25) is 9.59 Å². The van der Waals surface area contributed by atoms with Crippen LogP contribution in [0.1, 0.15) is 31.4 Å². The van der Waals surface area contributed by atoms with E-state index >= 15 is 0 Å². The topological polar surface area (TPSA) is 90.0 Å². The number of halogens is 1. The van der Waals surface area contributed by atoms with Gasteiger partial charge in [0.15, 0.2) is 0 Å². The zero-order valence-electron chi connectivity index (χ0n) is 20.3. The standard InChI is InChI=1S/C24H33FN4O4S/c1-6-15-26-24(31)19(3)28(16-20-12-8-7-11-18(20)2)23(30)17-29(34(32,33)27(4)5)22-14-10-9-13-21(22)25/h7-14,19H,6,15-17H2,1-5H3,(H,26,31)/t19-/m1/s1. The fraction of sp³-hybridized carbons (Fsp3) is 0.417. The number of anilines is 1. The molecule has 0 aliphatic rings. The summed E-state index contributed by atoms with van der Waals surface area (Å²) in [5, 5.41) is 2.78. The summed E-state index contributed by atoms with van der Waals surface area (Å²) < 4.78 is 42.3. The van der Waals surface area contributed by atoms with E-state index in [9.17, 15) is 22.4 Å². The van der Waals surface area contributed by atoms with Gasteiger partial charge < -0.3 is 10.2 Å². The molecule has 0 spiro atoms. The molecular formula is C24H33FN4O4S. The van der Waals surface area contributed by atoms with Crippen LogP contribution in [0, 0.1) is 12.7 Å². The summed E-state index contributed by atoms with van der Waals surface area (Å²) in [5.41, 5.74) is 1.50. The minimum absolute atomic E-state index is 0.0966. The zero-order chi connectivity index (χ0) is 25.5. The first kappa shape index (κ1) is 27.3. The first-order valence-electron chi connectivity index (χ1n) is 11.1. The van der Waals surface area contributed by atoms with Crippen molar-refractivity contribution in [2.24, 2.45) is 0 Å². The summed E-state index contributed by atoms with van der Waals surface area (Å²) in [5.74, 6) is -1.76. The molecule has 2 aromatic carbocycles. The molecule has 0 heterocycles. The molecule has 8 nitrogen and oxygen atoms in total. The molecule has 0 radical (unpaired) electrons. The average Bonchev–Trinajstić information content (AvgIpc) is 2.80. The van der Waals surface area contributed by atoms with Crippen molar-refractivity contribution in [3.63, 3.8) is 0 Å². The summed E-state index contributed by atoms with van der Waals surface area (Å²) in [6.45, 7) is 5.28. The zero-order valence-corrected chi connectivity index (χ0v) is 21.1. The number of nitrogens with one attached hydrogen (secondary N) is 1. The number of carbonyl (C=O) groups excluding carboxylic acids is 2. The third-order valence-corrected chi connectivity index (χ3v) is 7.26. The Morgan fingerprint density at radius 2 is 1.68 bits per heavy atom. The van der Waals surface area contributed by atoms with Gasteiger partial charge in [-0.05, 0) is 43.5 Å². The van der Waals surface area contributed by atoms with Crippen molar-refractivity contribution in [1.29, 1.82) is 0 Å². The van der Waals surface area contributed by atoms with E-state index in [1.165, 1.54) is 37.2 Å². The highest BCUT2D eigenvalue weighted by Gasteiger charge is 2.33. The number of nitrogens with zero attached hydrogens (tertiary/aromatic N) is 3. The number of rotatable bonds is 11. The van der Waals surface area contributed by atoms with Crippen molar-refractivity contribution in [3.8, 4) is 0 Å². The van der Waals surface area contributed by atoms with Crippen LogP contribution in [0.2, 0.25) is 0 Å². The highest BCUT2D eigenvalue weighted by molar-refractivity contribution is 7.90. The van der Waals surface area contributed by atoms with Crippen molar-refractivity contribution < 1.29 is 22.4 Å². The second-order valence-corrected chi connectivity index (χ2v) is 10.2. The molecule has 0 saturated carbocycles. The molecule has 1 atom stereocenters. The summed E-state index contributed by atoms with van der Waals surface area (Å²) in [6.07, 6.45) is 0.729. The summed E-state index contributed by atoms with van der Waals surface area (Å²) in [7, 11) is -1.60. The lowest BCUT2D eigenvalue weighted by Gasteiger charge is -2.33. The van der Waals surface area contributed by atoms with Crippen LogP contribution in [0.4, 0.5) is 10.1 Å². The minimum atomic E-state index is -4.21. The van der Waals surface area contributed by atoms with Gasteiger partial charge in [-0.15, -0.1) is 0 Å². The highest BCUT2D eigenvalue weighted by atomic mass is 32.2. The van der Waals surface area contributed by atoms with Crippen molar-refractivity contribution in [2.45, 2.75) is 39.8 Å². The number of hydrogen-bond donors (Lipinski definition) is 1. The smallest absolute Gasteiger partial charge is 0.304 e. The van der Waals surface area contributed by atoms with Crippen molar-refractivity contribution in [1.82, 2.24) is 14.5 Å². The van der Waals surface area contributed by atoms with E-state index in [2.05, 4.69) is 5.32 Å². The third-order valence-electron chi connectivity index (χ3n) is 5.46. The maximum Gasteiger partial charge on any atom is 0.304 e. The summed E-state index contributed by atoms with van der Waals surface area (Å²) in [4.78, 5) is 27.6. The fourth-order valence-corrected chi connectivity index (χ4v) is 4.37. The molecule has 2 aromatic rings. The van der Waals surface area contributed by atoms with Crippen molar-refractivity contribution in [2.75, 3.05) is 31.5 Å². The fourth-order valence-electron chi connectivity index (χ4n) is 3.31. The lowest BCUT2D eigenvalue weighted by Crippen LogP contribution is -2.52. The molecule has 0 saturated heterocycles. The van der Waals surface area contributed by atoms with E-state index in [4.69, 9.17) is 0 Å². The normalized spacial score (nSPS) is 12.3. The third kappa shape index (κ3) is 6.54. The summed E-state index contributed by atoms with van der Waals surface area (Å²) in [6, 6.07) is 11.9. The average molecular weight is 493 g/mol. The van der Waals surface area contributed by atoms with Crippen LogP contribution in [-0.2, 0) is 26.3 Å². The number of hydrogen-bond acceptors (Lipinski definition) is 4. The predicted molar refractivity (Wildman–Crippen MR) is 131 cm³/mol. The van der Waals surface area contributed by atoms with E-state index in [-0.39, 0.29) is 18.1 Å². The maximum absolute atomic E-state index is 14.6. The Kier molecular flexibility index (Phi) is 9.57. The molecule has 0 unspecified atom stereocenters. The monoisotopic (exact) mass is 492 g/mol. The van der Waals surface area contributed by atoms with Gasteiger partial charge in [0, 0.05) is 27.2 Å². The van der Waals surface area contributed by atoms with E-state index < -0.39 is 34.5 Å². The number of aryl methyl sites for hydroxylation is 1. The molecule has 0 aliphatic heterocycles. The second kappa shape index (κ2) is 11.9. The van der Waals surface area contributed by atoms with E-state index in [0.717, 1.165) is 32.2 Å². The molecule has 34 heavy (non-hydrogen) atoms. The largest absolute Gasteiger partial charge is 0.354 e. The molecule has 0 fully saturated rings. The van der Waals surface area contributed by atoms with Gasteiger partial charge in [0.25, 0.3) is 0 Å². The quantitative estimate of drug-likeness (QED) is 0.522. The SMILES string of the molecule is CCCNC(=O)[C@@H](C)N(Cc1ccccc1C)C(=O)CN(c1ccccc1F)S(=O)(=O)N(C)C. The number of amides is 2. The Bertz CT molecular complexity index is 1110. The molecule has 2 amide bonds. The molecule has 186 valence electrons. The van der Waals surface area contributed by atoms with E-state index in [0.29, 0.717) is 6.54 Å². The van der Waals surface area contributed by atoms with Gasteiger partial charge in [0.05, 0.1) is 5.69 Å². The van der Waals surface area contributed by atoms with Gasteiger partial charge in [0.1, 0.15) is 18.4 Å². The first-order valence-corrected chi connectivity index (χ1v) is 12.5. The summed E-state index contributed by atoms with van der Waals surface area (Å²) >= 11 is 0. The highest BCUT2D eigenvalue weighted by Crippen LogP contribution is 2.24. The molecule has 1 N–H and O–H groups in total. The number of carbonyl (C=O) groups is 2.